The van der Waals surface area contributed by atoms with Crippen LogP contribution < -0.4 is 5.32 Å². The zero-order valence-corrected chi connectivity index (χ0v) is 13.4. The summed E-state index contributed by atoms with van der Waals surface area (Å²) in [6.45, 7) is 5.89. The Balaban J connectivity index is 1.77. The Morgan fingerprint density at radius 2 is 2.10 bits per heavy atom. The number of nitrogens with one attached hydrogen (secondary N) is 1. The number of halogens is 1. The minimum atomic E-state index is 0.130. The standard InChI is InChI=1S/C17H23ClN2O/c1-13-8-14(10-15(18)9-13)16(21)20-7-3-5-17(12-20)4-2-6-19-11-17/h8-10,19H,2-7,11-12H2,1H3. The number of piperidine rings is 2. The third-order valence-corrected chi connectivity index (χ3v) is 5.02. The fourth-order valence-corrected chi connectivity index (χ4v) is 4.09. The van der Waals surface area contributed by atoms with Crippen LogP contribution in [0.3, 0.4) is 0 Å². The average molecular weight is 307 g/mol. The molecule has 1 amide bonds. The van der Waals surface area contributed by atoms with Gasteiger partial charge in [0.15, 0.2) is 0 Å². The van der Waals surface area contributed by atoms with Gasteiger partial charge in [0.1, 0.15) is 0 Å². The molecule has 3 nitrogen and oxygen atoms in total. The molecule has 1 aromatic carbocycles. The topological polar surface area (TPSA) is 32.3 Å². The fraction of sp³-hybridized carbons (Fsp3) is 0.588. The van der Waals surface area contributed by atoms with Crippen LogP contribution in [0, 0.1) is 12.3 Å². The van der Waals surface area contributed by atoms with Gasteiger partial charge in [-0.15, -0.1) is 0 Å². The summed E-state index contributed by atoms with van der Waals surface area (Å²) in [5.41, 5.74) is 2.05. The molecule has 114 valence electrons. The summed E-state index contributed by atoms with van der Waals surface area (Å²) in [6, 6.07) is 5.62. The number of benzene rings is 1. The summed E-state index contributed by atoms with van der Waals surface area (Å²) in [4.78, 5) is 14.8. The molecule has 1 unspecified atom stereocenters. The number of rotatable bonds is 1. The predicted molar refractivity (Wildman–Crippen MR) is 85.9 cm³/mol. The van der Waals surface area contributed by atoms with Crippen LogP contribution in [0.25, 0.3) is 0 Å². The first-order valence-electron chi connectivity index (χ1n) is 7.85. The summed E-state index contributed by atoms with van der Waals surface area (Å²) in [7, 11) is 0. The third kappa shape index (κ3) is 3.24. The molecule has 0 radical (unpaired) electrons. The molecule has 2 heterocycles. The van der Waals surface area contributed by atoms with E-state index < -0.39 is 0 Å². The Morgan fingerprint density at radius 3 is 2.81 bits per heavy atom. The molecule has 1 spiro atoms. The monoisotopic (exact) mass is 306 g/mol. The van der Waals surface area contributed by atoms with Crippen molar-refractivity contribution in [3.8, 4) is 0 Å². The van der Waals surface area contributed by atoms with Gasteiger partial charge < -0.3 is 10.2 Å². The highest BCUT2D eigenvalue weighted by atomic mass is 35.5. The lowest BCUT2D eigenvalue weighted by Crippen LogP contribution is -2.52. The third-order valence-electron chi connectivity index (χ3n) is 4.80. The van der Waals surface area contributed by atoms with Gasteiger partial charge >= 0.3 is 0 Å². The maximum absolute atomic E-state index is 12.8. The number of amides is 1. The molecule has 21 heavy (non-hydrogen) atoms. The van der Waals surface area contributed by atoms with Crippen molar-refractivity contribution in [3.63, 3.8) is 0 Å². The Kier molecular flexibility index (Phi) is 4.23. The van der Waals surface area contributed by atoms with Crippen molar-refractivity contribution in [1.82, 2.24) is 10.2 Å². The first-order valence-corrected chi connectivity index (χ1v) is 8.23. The molecule has 2 fully saturated rings. The van der Waals surface area contributed by atoms with Crippen molar-refractivity contribution < 1.29 is 4.79 Å². The van der Waals surface area contributed by atoms with Gasteiger partial charge in [0, 0.05) is 35.6 Å². The van der Waals surface area contributed by atoms with E-state index in [0.29, 0.717) is 10.4 Å². The van der Waals surface area contributed by atoms with Crippen molar-refractivity contribution in [2.75, 3.05) is 26.2 Å². The maximum atomic E-state index is 12.8. The summed E-state index contributed by atoms with van der Waals surface area (Å²) >= 11 is 6.09. The average Bonchev–Trinajstić information content (AvgIpc) is 2.46. The van der Waals surface area contributed by atoms with E-state index in [-0.39, 0.29) is 5.91 Å². The molecule has 2 aliphatic rings. The molecule has 0 bridgehead atoms. The largest absolute Gasteiger partial charge is 0.338 e. The first-order chi connectivity index (χ1) is 10.1. The fourth-order valence-electron chi connectivity index (χ4n) is 3.80. The van der Waals surface area contributed by atoms with Gasteiger partial charge in [-0.05, 0) is 62.9 Å². The second-order valence-electron chi connectivity index (χ2n) is 6.63. The number of hydrogen-bond donors (Lipinski definition) is 1. The van der Waals surface area contributed by atoms with Crippen molar-refractivity contribution >= 4 is 17.5 Å². The second-order valence-corrected chi connectivity index (χ2v) is 7.06. The highest BCUT2D eigenvalue weighted by Gasteiger charge is 2.38. The lowest BCUT2D eigenvalue weighted by Gasteiger charge is -2.45. The van der Waals surface area contributed by atoms with Gasteiger partial charge in [-0.1, -0.05) is 11.6 Å². The number of nitrogens with zero attached hydrogens (tertiary/aromatic N) is 1. The quantitative estimate of drug-likeness (QED) is 0.864. The van der Waals surface area contributed by atoms with Crippen LogP contribution in [0.1, 0.15) is 41.6 Å². The summed E-state index contributed by atoms with van der Waals surface area (Å²) in [5.74, 6) is 0.130. The Morgan fingerprint density at radius 1 is 1.29 bits per heavy atom. The minimum absolute atomic E-state index is 0.130. The molecule has 2 aliphatic heterocycles. The highest BCUT2D eigenvalue weighted by Crippen LogP contribution is 2.36. The van der Waals surface area contributed by atoms with Crippen LogP contribution >= 0.6 is 11.6 Å². The Labute approximate surface area is 131 Å². The van der Waals surface area contributed by atoms with Gasteiger partial charge in [0.2, 0.25) is 0 Å². The van der Waals surface area contributed by atoms with Gasteiger partial charge in [-0.25, -0.2) is 0 Å². The number of likely N-dealkylation sites (tertiary alicyclic amines) is 1. The SMILES string of the molecule is Cc1cc(Cl)cc(C(=O)N2CCCC3(CCCNC3)C2)c1. The minimum Gasteiger partial charge on any atom is -0.338 e. The molecule has 1 N–H and O–H groups in total. The summed E-state index contributed by atoms with van der Waals surface area (Å²) in [5, 5.41) is 4.15. The second kappa shape index (κ2) is 5.98. The van der Waals surface area contributed by atoms with Gasteiger partial charge in [0.05, 0.1) is 0 Å². The number of aryl methyl sites for hydroxylation is 1. The van der Waals surface area contributed by atoms with E-state index in [0.717, 1.165) is 43.7 Å². The van der Waals surface area contributed by atoms with Crippen molar-refractivity contribution in [2.24, 2.45) is 5.41 Å². The molecule has 3 rings (SSSR count). The van der Waals surface area contributed by atoms with Crippen LogP contribution in [0.4, 0.5) is 0 Å². The molecular formula is C17H23ClN2O. The van der Waals surface area contributed by atoms with Crippen LogP contribution in [-0.4, -0.2) is 37.0 Å². The summed E-state index contributed by atoms with van der Waals surface area (Å²) in [6.07, 6.45) is 4.79. The van der Waals surface area contributed by atoms with E-state index in [1.54, 1.807) is 6.07 Å². The zero-order chi connectivity index (χ0) is 14.9. The number of carbonyl (C=O) groups is 1. The number of hydrogen-bond acceptors (Lipinski definition) is 2. The lowest BCUT2D eigenvalue weighted by atomic mass is 9.74. The van der Waals surface area contributed by atoms with E-state index in [9.17, 15) is 4.79 Å². The molecule has 0 aliphatic carbocycles. The van der Waals surface area contributed by atoms with Crippen molar-refractivity contribution in [3.05, 3.63) is 34.3 Å². The van der Waals surface area contributed by atoms with Crippen LogP contribution in [-0.2, 0) is 0 Å². The molecular weight excluding hydrogens is 284 g/mol. The van der Waals surface area contributed by atoms with Crippen molar-refractivity contribution in [2.45, 2.75) is 32.6 Å². The number of carbonyl (C=O) groups excluding carboxylic acids is 1. The van der Waals surface area contributed by atoms with Gasteiger partial charge in [0.25, 0.3) is 5.91 Å². The van der Waals surface area contributed by atoms with Crippen molar-refractivity contribution in [1.29, 1.82) is 0 Å². The molecule has 0 aromatic heterocycles. The van der Waals surface area contributed by atoms with Crippen LogP contribution in [0.5, 0.6) is 0 Å². The predicted octanol–water partition coefficient (Wildman–Crippen LogP) is 3.25. The van der Waals surface area contributed by atoms with Gasteiger partial charge in [-0.2, -0.15) is 0 Å². The van der Waals surface area contributed by atoms with E-state index in [1.807, 2.05) is 24.0 Å². The Bertz CT molecular complexity index is 512. The van der Waals surface area contributed by atoms with Crippen LogP contribution in [0.2, 0.25) is 5.02 Å². The molecule has 1 atom stereocenters. The molecule has 1 aromatic rings. The molecule has 0 saturated carbocycles. The summed E-state index contributed by atoms with van der Waals surface area (Å²) < 4.78 is 0. The normalized spacial score (nSPS) is 26.1. The van der Waals surface area contributed by atoms with Crippen LogP contribution in [0.15, 0.2) is 18.2 Å². The lowest BCUT2D eigenvalue weighted by molar-refractivity contribution is 0.0434. The first kappa shape index (κ1) is 14.9. The van der Waals surface area contributed by atoms with E-state index in [1.165, 1.54) is 19.3 Å². The van der Waals surface area contributed by atoms with Gasteiger partial charge in [-0.3, -0.25) is 4.79 Å². The maximum Gasteiger partial charge on any atom is 0.253 e. The highest BCUT2D eigenvalue weighted by molar-refractivity contribution is 6.31. The van der Waals surface area contributed by atoms with E-state index >= 15 is 0 Å². The van der Waals surface area contributed by atoms with E-state index in [2.05, 4.69) is 5.32 Å². The Hall–Kier alpha value is -1.06. The molecule has 4 heteroatoms. The smallest absolute Gasteiger partial charge is 0.253 e. The zero-order valence-electron chi connectivity index (χ0n) is 12.6. The molecule has 2 saturated heterocycles. The van der Waals surface area contributed by atoms with E-state index in [4.69, 9.17) is 11.6 Å².